The summed E-state index contributed by atoms with van der Waals surface area (Å²) in [7, 11) is -5.16. The van der Waals surface area contributed by atoms with Crippen LogP contribution in [0.3, 0.4) is 0 Å². The van der Waals surface area contributed by atoms with Gasteiger partial charge in [-0.3, -0.25) is 9.36 Å². The van der Waals surface area contributed by atoms with E-state index in [0.717, 1.165) is 17.5 Å². The Kier molecular flexibility index (Phi) is 9.73. The van der Waals surface area contributed by atoms with Gasteiger partial charge in [0.2, 0.25) is 15.7 Å². The van der Waals surface area contributed by atoms with Crippen molar-refractivity contribution in [1.29, 1.82) is 0 Å². The molecule has 1 aromatic carbocycles. The standard InChI is InChI=1S/C24H31IN3O6PS/c1-4-16-8-10-17(11-9-16)22-21(23(29)26-2)18-14-19(25)20(28-24(18)34-22)15-36(32,33)27-12-6-5-7-13-35(3,30)31/h8-11,14,27H,4-7,12-13,15H2,1-3H3,(H,26,29)(H,30,31). The smallest absolute Gasteiger partial charge is 0.255 e. The van der Waals surface area contributed by atoms with Crippen LogP contribution in [0.1, 0.15) is 47.8 Å². The molecule has 0 radical (unpaired) electrons. The maximum Gasteiger partial charge on any atom is 0.255 e. The van der Waals surface area contributed by atoms with E-state index < -0.39 is 17.4 Å². The number of benzene rings is 1. The van der Waals surface area contributed by atoms with E-state index in [2.05, 4.69) is 21.9 Å². The van der Waals surface area contributed by atoms with Crippen molar-refractivity contribution in [2.45, 2.75) is 38.4 Å². The second kappa shape index (κ2) is 12.2. The van der Waals surface area contributed by atoms with Gasteiger partial charge in [0.05, 0.1) is 16.6 Å². The molecule has 12 heteroatoms. The molecular formula is C24H31IN3O6PS. The zero-order valence-electron chi connectivity index (χ0n) is 20.5. The number of hydrogen-bond acceptors (Lipinski definition) is 6. The highest BCUT2D eigenvalue weighted by Crippen LogP contribution is 2.36. The lowest BCUT2D eigenvalue weighted by molar-refractivity contribution is 0.0964. The van der Waals surface area contributed by atoms with Gasteiger partial charge in [0.15, 0.2) is 7.37 Å². The van der Waals surface area contributed by atoms with E-state index in [1.54, 1.807) is 13.1 Å². The van der Waals surface area contributed by atoms with Gasteiger partial charge in [-0.15, -0.1) is 0 Å². The normalized spacial score (nSPS) is 13.6. The highest BCUT2D eigenvalue weighted by molar-refractivity contribution is 14.1. The minimum Gasteiger partial charge on any atom is -0.437 e. The summed E-state index contributed by atoms with van der Waals surface area (Å²) in [5.41, 5.74) is 2.77. The van der Waals surface area contributed by atoms with Crippen LogP contribution in [-0.2, 0) is 26.8 Å². The Balaban J connectivity index is 1.82. The van der Waals surface area contributed by atoms with Crippen molar-refractivity contribution in [3.63, 3.8) is 0 Å². The molecule has 0 aliphatic carbocycles. The number of nitrogens with one attached hydrogen (secondary N) is 2. The van der Waals surface area contributed by atoms with E-state index in [1.807, 2.05) is 46.9 Å². The first-order valence-corrected chi connectivity index (χ1v) is 16.7. The summed E-state index contributed by atoms with van der Waals surface area (Å²) in [6.45, 7) is 3.62. The van der Waals surface area contributed by atoms with Crippen LogP contribution in [0.15, 0.2) is 34.7 Å². The number of unbranched alkanes of at least 4 members (excludes halogenated alkanes) is 2. The number of carbonyl (C=O) groups excluding carboxylic acids is 1. The van der Waals surface area contributed by atoms with Crippen molar-refractivity contribution in [2.24, 2.45) is 0 Å². The third kappa shape index (κ3) is 7.61. The van der Waals surface area contributed by atoms with Crippen LogP contribution < -0.4 is 10.0 Å². The second-order valence-corrected chi connectivity index (χ2v) is 14.2. The zero-order chi connectivity index (χ0) is 26.5. The van der Waals surface area contributed by atoms with E-state index in [1.165, 1.54) is 6.66 Å². The Morgan fingerprint density at radius 3 is 2.50 bits per heavy atom. The molecule has 36 heavy (non-hydrogen) atoms. The molecule has 1 unspecified atom stereocenters. The molecule has 0 aliphatic heterocycles. The lowest BCUT2D eigenvalue weighted by Gasteiger charge is -2.08. The van der Waals surface area contributed by atoms with E-state index in [0.29, 0.717) is 45.2 Å². The summed E-state index contributed by atoms with van der Waals surface area (Å²) < 4.78 is 45.8. The van der Waals surface area contributed by atoms with Crippen molar-refractivity contribution in [1.82, 2.24) is 15.0 Å². The number of furan rings is 1. The molecule has 0 saturated heterocycles. The average Bonchev–Trinajstić information content (AvgIpc) is 3.18. The SMILES string of the molecule is CCc1ccc(-c2oc3nc(CS(=O)(=O)NCCCCCP(C)(=O)O)c(I)cc3c2C(=O)NC)cc1. The molecule has 1 atom stereocenters. The Hall–Kier alpha value is -1.79. The van der Waals surface area contributed by atoms with Gasteiger partial charge in [0, 0.05) is 35.6 Å². The predicted octanol–water partition coefficient (Wildman–Crippen LogP) is 4.51. The Bertz CT molecular complexity index is 1380. The lowest BCUT2D eigenvalue weighted by Crippen LogP contribution is -2.27. The maximum atomic E-state index is 12.7. The summed E-state index contributed by atoms with van der Waals surface area (Å²) in [6, 6.07) is 9.46. The lowest BCUT2D eigenvalue weighted by atomic mass is 10.0. The molecule has 3 N–H and O–H groups in total. The monoisotopic (exact) mass is 647 g/mol. The molecule has 0 aliphatic rings. The number of hydrogen-bond donors (Lipinski definition) is 3. The third-order valence-corrected chi connectivity index (χ3v) is 9.06. The minimum absolute atomic E-state index is 0.196. The van der Waals surface area contributed by atoms with Gasteiger partial charge in [0.1, 0.15) is 11.5 Å². The molecule has 0 bridgehead atoms. The highest BCUT2D eigenvalue weighted by Gasteiger charge is 2.25. The molecular weight excluding hydrogens is 616 g/mol. The fraction of sp³-hybridized carbons (Fsp3) is 0.417. The quantitative estimate of drug-likeness (QED) is 0.149. The molecule has 196 valence electrons. The molecule has 0 fully saturated rings. The van der Waals surface area contributed by atoms with E-state index in [-0.39, 0.29) is 30.1 Å². The zero-order valence-corrected chi connectivity index (χ0v) is 24.4. The van der Waals surface area contributed by atoms with Crippen LogP contribution in [0.4, 0.5) is 0 Å². The fourth-order valence-electron chi connectivity index (χ4n) is 3.75. The molecule has 3 rings (SSSR count). The number of pyridine rings is 1. The Morgan fingerprint density at radius 1 is 1.19 bits per heavy atom. The number of sulfonamides is 1. The predicted molar refractivity (Wildman–Crippen MR) is 150 cm³/mol. The van der Waals surface area contributed by atoms with Crippen LogP contribution in [-0.4, -0.2) is 50.6 Å². The van der Waals surface area contributed by atoms with Crippen LogP contribution in [0.25, 0.3) is 22.4 Å². The number of rotatable bonds is 12. The first-order chi connectivity index (χ1) is 16.9. The first kappa shape index (κ1) is 28.8. The van der Waals surface area contributed by atoms with Crippen LogP contribution >= 0.6 is 30.0 Å². The topological polar surface area (TPSA) is 139 Å². The summed E-state index contributed by atoms with van der Waals surface area (Å²) in [5.74, 6) is -0.269. The van der Waals surface area contributed by atoms with Gasteiger partial charge < -0.3 is 14.6 Å². The summed E-state index contributed by atoms with van der Waals surface area (Å²) >= 11 is 2.02. The van der Waals surface area contributed by atoms with Gasteiger partial charge in [-0.2, -0.15) is 0 Å². The number of aryl methyl sites for hydroxylation is 1. The van der Waals surface area contributed by atoms with E-state index in [9.17, 15) is 22.7 Å². The molecule has 0 spiro atoms. The Morgan fingerprint density at radius 2 is 1.89 bits per heavy atom. The van der Waals surface area contributed by atoms with Gasteiger partial charge in [-0.25, -0.2) is 18.1 Å². The second-order valence-electron chi connectivity index (χ2n) is 8.69. The van der Waals surface area contributed by atoms with Gasteiger partial charge in [-0.05, 0) is 53.5 Å². The summed E-state index contributed by atoms with van der Waals surface area (Å²) in [6.07, 6.45) is 2.90. The van der Waals surface area contributed by atoms with Crippen molar-refractivity contribution < 1.29 is 27.1 Å². The van der Waals surface area contributed by atoms with Crippen LogP contribution in [0, 0.1) is 3.57 Å². The van der Waals surface area contributed by atoms with Crippen molar-refractivity contribution in [3.8, 4) is 11.3 Å². The number of nitrogens with zero attached hydrogens (tertiary/aromatic N) is 1. The first-order valence-electron chi connectivity index (χ1n) is 11.6. The van der Waals surface area contributed by atoms with Gasteiger partial charge >= 0.3 is 0 Å². The molecule has 3 aromatic rings. The number of amides is 1. The number of aromatic nitrogens is 1. The average molecular weight is 647 g/mol. The third-order valence-electron chi connectivity index (χ3n) is 5.69. The molecule has 1 amide bonds. The van der Waals surface area contributed by atoms with E-state index >= 15 is 0 Å². The van der Waals surface area contributed by atoms with E-state index in [4.69, 9.17) is 4.42 Å². The number of fused-ring (bicyclic) bond motifs is 1. The van der Waals surface area contributed by atoms with Gasteiger partial charge in [-0.1, -0.05) is 37.6 Å². The number of carbonyl (C=O) groups is 1. The van der Waals surface area contributed by atoms with Crippen LogP contribution in [0.2, 0.25) is 0 Å². The number of halogens is 1. The summed E-state index contributed by atoms with van der Waals surface area (Å²) in [4.78, 5) is 26.5. The largest absolute Gasteiger partial charge is 0.437 e. The molecule has 2 heterocycles. The van der Waals surface area contributed by atoms with Crippen molar-refractivity contribution in [3.05, 3.63) is 50.7 Å². The molecule has 9 nitrogen and oxygen atoms in total. The van der Waals surface area contributed by atoms with Crippen molar-refractivity contribution in [2.75, 3.05) is 26.4 Å². The summed E-state index contributed by atoms with van der Waals surface area (Å²) in [5, 5.41) is 3.16. The highest BCUT2D eigenvalue weighted by atomic mass is 127. The minimum atomic E-state index is -3.67. The van der Waals surface area contributed by atoms with Crippen molar-refractivity contribution >= 4 is 57.0 Å². The molecule has 2 aromatic heterocycles. The maximum absolute atomic E-state index is 12.7. The van der Waals surface area contributed by atoms with Crippen LogP contribution in [0.5, 0.6) is 0 Å². The van der Waals surface area contributed by atoms with Gasteiger partial charge in [0.25, 0.3) is 5.91 Å². The Labute approximate surface area is 225 Å². The fourth-order valence-corrected chi connectivity index (χ4v) is 6.58. The molecule has 0 saturated carbocycles.